The molecule has 9 heteroatoms. The van der Waals surface area contributed by atoms with Gasteiger partial charge in [-0.1, -0.05) is 23.8 Å². The van der Waals surface area contributed by atoms with Crippen molar-refractivity contribution in [3.8, 4) is 5.75 Å². The number of ether oxygens (including phenoxy) is 1. The Morgan fingerprint density at radius 1 is 1.09 bits per heavy atom. The van der Waals surface area contributed by atoms with Gasteiger partial charge in [0.1, 0.15) is 5.75 Å². The number of nitrogens with zero attached hydrogens (tertiary/aromatic N) is 2. The Morgan fingerprint density at radius 2 is 1.81 bits per heavy atom. The standard InChI is InChI=1S/C23H29N5O4/c1-16-7-9-18(10-8-16)26-23(31)28-14-4-13-27(21(28)20(29)25-12-11-24)22(30)17-5-3-6-19(15-17)32-2/h3,5-10,15,21H,4,11-14,24H2,1-2H3,(H,25,29)(H,26,31). The summed E-state index contributed by atoms with van der Waals surface area (Å²) < 4.78 is 5.22. The molecule has 2 aromatic carbocycles. The normalized spacial score (nSPS) is 15.8. The SMILES string of the molecule is COc1cccc(C(=O)N2CCCN(C(=O)Nc3ccc(C)cc3)C2C(=O)NCCN)c1. The molecule has 0 spiro atoms. The maximum absolute atomic E-state index is 13.3. The highest BCUT2D eigenvalue weighted by Gasteiger charge is 2.40. The molecule has 32 heavy (non-hydrogen) atoms. The van der Waals surface area contributed by atoms with E-state index in [-0.39, 0.29) is 19.0 Å². The van der Waals surface area contributed by atoms with Gasteiger partial charge in [-0.05, 0) is 43.7 Å². The van der Waals surface area contributed by atoms with Gasteiger partial charge < -0.3 is 26.0 Å². The van der Waals surface area contributed by atoms with Gasteiger partial charge in [-0.15, -0.1) is 0 Å². The first-order valence-corrected chi connectivity index (χ1v) is 10.5. The third-order valence-corrected chi connectivity index (χ3v) is 5.21. The number of methoxy groups -OCH3 is 1. The average Bonchev–Trinajstić information content (AvgIpc) is 2.83. The molecule has 3 rings (SSSR count). The van der Waals surface area contributed by atoms with E-state index in [0.717, 1.165) is 5.56 Å². The van der Waals surface area contributed by atoms with Crippen molar-refractivity contribution in [2.45, 2.75) is 19.5 Å². The van der Waals surface area contributed by atoms with E-state index in [0.29, 0.717) is 36.5 Å². The van der Waals surface area contributed by atoms with Crippen molar-refractivity contribution in [1.82, 2.24) is 15.1 Å². The molecule has 1 aliphatic rings. The smallest absolute Gasteiger partial charge is 0.323 e. The number of nitrogens with one attached hydrogen (secondary N) is 2. The molecule has 9 nitrogen and oxygen atoms in total. The number of amides is 4. The van der Waals surface area contributed by atoms with E-state index in [1.807, 2.05) is 19.1 Å². The predicted octanol–water partition coefficient (Wildman–Crippen LogP) is 1.78. The van der Waals surface area contributed by atoms with Gasteiger partial charge >= 0.3 is 6.03 Å². The third kappa shape index (κ3) is 5.36. The second-order valence-electron chi connectivity index (χ2n) is 7.53. The summed E-state index contributed by atoms with van der Waals surface area (Å²) in [5.41, 5.74) is 7.58. The van der Waals surface area contributed by atoms with E-state index >= 15 is 0 Å². The fourth-order valence-corrected chi connectivity index (χ4v) is 3.57. The van der Waals surface area contributed by atoms with E-state index in [1.54, 1.807) is 36.4 Å². The van der Waals surface area contributed by atoms with Gasteiger partial charge in [-0.3, -0.25) is 14.5 Å². The van der Waals surface area contributed by atoms with Crippen LogP contribution in [-0.4, -0.2) is 67.1 Å². The maximum Gasteiger partial charge on any atom is 0.323 e. The number of benzene rings is 2. The molecule has 0 radical (unpaired) electrons. The molecule has 1 atom stereocenters. The molecule has 1 saturated heterocycles. The van der Waals surface area contributed by atoms with Crippen LogP contribution in [-0.2, 0) is 4.79 Å². The van der Waals surface area contributed by atoms with Crippen molar-refractivity contribution >= 4 is 23.5 Å². The van der Waals surface area contributed by atoms with Crippen LogP contribution in [0.5, 0.6) is 5.75 Å². The summed E-state index contributed by atoms with van der Waals surface area (Å²) >= 11 is 0. The molecular formula is C23H29N5O4. The first-order chi connectivity index (χ1) is 15.4. The number of carbonyl (C=O) groups excluding carboxylic acids is 3. The molecule has 170 valence electrons. The molecular weight excluding hydrogens is 410 g/mol. The van der Waals surface area contributed by atoms with Crippen molar-refractivity contribution in [1.29, 1.82) is 0 Å². The Morgan fingerprint density at radius 3 is 2.50 bits per heavy atom. The molecule has 0 saturated carbocycles. The van der Waals surface area contributed by atoms with Crippen molar-refractivity contribution < 1.29 is 19.1 Å². The molecule has 0 aliphatic carbocycles. The monoisotopic (exact) mass is 439 g/mol. The summed E-state index contributed by atoms with van der Waals surface area (Å²) in [4.78, 5) is 42.3. The Kier molecular flexibility index (Phi) is 7.67. The van der Waals surface area contributed by atoms with Crippen LogP contribution < -0.4 is 21.1 Å². The van der Waals surface area contributed by atoms with Crippen LogP contribution in [0.25, 0.3) is 0 Å². The number of rotatable bonds is 6. The molecule has 1 unspecified atom stereocenters. The topological polar surface area (TPSA) is 117 Å². The lowest BCUT2D eigenvalue weighted by molar-refractivity contribution is -0.132. The van der Waals surface area contributed by atoms with Gasteiger partial charge in [0.2, 0.25) is 0 Å². The number of anilines is 1. The Hall–Kier alpha value is -3.59. The minimum absolute atomic E-state index is 0.240. The van der Waals surface area contributed by atoms with E-state index in [2.05, 4.69) is 10.6 Å². The molecule has 1 heterocycles. The minimum Gasteiger partial charge on any atom is -0.497 e. The maximum atomic E-state index is 13.3. The molecule has 2 aromatic rings. The van der Waals surface area contributed by atoms with Crippen LogP contribution in [0.15, 0.2) is 48.5 Å². The van der Waals surface area contributed by atoms with Crippen molar-refractivity contribution in [3.05, 3.63) is 59.7 Å². The molecule has 4 N–H and O–H groups in total. The summed E-state index contributed by atoms with van der Waals surface area (Å²) in [7, 11) is 1.52. The van der Waals surface area contributed by atoms with Gasteiger partial charge in [-0.25, -0.2) is 4.79 Å². The van der Waals surface area contributed by atoms with Crippen LogP contribution in [0.3, 0.4) is 0 Å². The zero-order valence-electron chi connectivity index (χ0n) is 18.3. The Balaban J connectivity index is 1.88. The minimum atomic E-state index is -1.10. The third-order valence-electron chi connectivity index (χ3n) is 5.21. The summed E-state index contributed by atoms with van der Waals surface area (Å²) in [6, 6.07) is 13.6. The first kappa shape index (κ1) is 23.1. The van der Waals surface area contributed by atoms with E-state index in [4.69, 9.17) is 10.5 Å². The number of aryl methyl sites for hydroxylation is 1. The zero-order chi connectivity index (χ0) is 23.1. The fourth-order valence-electron chi connectivity index (χ4n) is 3.57. The molecule has 0 aromatic heterocycles. The summed E-state index contributed by atoms with van der Waals surface area (Å²) in [5.74, 6) is -0.277. The Bertz CT molecular complexity index is 963. The zero-order valence-corrected chi connectivity index (χ0v) is 18.3. The van der Waals surface area contributed by atoms with Crippen molar-refractivity contribution in [3.63, 3.8) is 0 Å². The summed E-state index contributed by atoms with van der Waals surface area (Å²) in [6.07, 6.45) is -0.558. The lowest BCUT2D eigenvalue weighted by Gasteiger charge is -2.42. The predicted molar refractivity (Wildman–Crippen MR) is 121 cm³/mol. The van der Waals surface area contributed by atoms with Crippen LogP contribution in [0.1, 0.15) is 22.3 Å². The highest BCUT2D eigenvalue weighted by molar-refractivity contribution is 6.00. The van der Waals surface area contributed by atoms with Crippen LogP contribution in [0, 0.1) is 6.92 Å². The van der Waals surface area contributed by atoms with Crippen LogP contribution in [0.4, 0.5) is 10.5 Å². The number of hydrogen-bond acceptors (Lipinski definition) is 5. The lowest BCUT2D eigenvalue weighted by Crippen LogP contribution is -2.64. The van der Waals surface area contributed by atoms with Gasteiger partial charge in [0.15, 0.2) is 6.17 Å². The fraction of sp³-hybridized carbons (Fsp3) is 0.348. The van der Waals surface area contributed by atoms with Gasteiger partial charge in [0, 0.05) is 37.4 Å². The number of carbonyl (C=O) groups is 3. The van der Waals surface area contributed by atoms with Gasteiger partial charge in [0.25, 0.3) is 11.8 Å². The molecule has 1 aliphatic heterocycles. The van der Waals surface area contributed by atoms with Gasteiger partial charge in [0.05, 0.1) is 7.11 Å². The number of nitrogens with two attached hydrogens (primary N) is 1. The van der Waals surface area contributed by atoms with Crippen molar-refractivity contribution in [2.24, 2.45) is 5.73 Å². The molecule has 0 bridgehead atoms. The summed E-state index contributed by atoms with van der Waals surface area (Å²) in [5, 5.41) is 5.53. The van der Waals surface area contributed by atoms with Crippen LogP contribution >= 0.6 is 0 Å². The highest BCUT2D eigenvalue weighted by atomic mass is 16.5. The van der Waals surface area contributed by atoms with E-state index < -0.39 is 18.1 Å². The molecule has 4 amide bonds. The first-order valence-electron chi connectivity index (χ1n) is 10.5. The largest absolute Gasteiger partial charge is 0.497 e. The average molecular weight is 440 g/mol. The second kappa shape index (κ2) is 10.6. The summed E-state index contributed by atoms with van der Waals surface area (Å²) in [6.45, 7) is 3.11. The number of urea groups is 1. The van der Waals surface area contributed by atoms with Gasteiger partial charge in [-0.2, -0.15) is 0 Å². The van der Waals surface area contributed by atoms with E-state index in [1.165, 1.54) is 16.9 Å². The number of hydrogen-bond donors (Lipinski definition) is 3. The molecule has 1 fully saturated rings. The van der Waals surface area contributed by atoms with E-state index in [9.17, 15) is 14.4 Å². The van der Waals surface area contributed by atoms with Crippen LogP contribution in [0.2, 0.25) is 0 Å². The quantitative estimate of drug-likeness (QED) is 0.634. The second-order valence-corrected chi connectivity index (χ2v) is 7.53. The highest BCUT2D eigenvalue weighted by Crippen LogP contribution is 2.22. The van der Waals surface area contributed by atoms with Crippen molar-refractivity contribution in [2.75, 3.05) is 38.6 Å². The Labute approximate surface area is 187 Å². The lowest BCUT2D eigenvalue weighted by atomic mass is 10.1.